The molecule has 0 amide bonds. The molecule has 1 saturated carbocycles. The first-order chi connectivity index (χ1) is 4.70. The van der Waals surface area contributed by atoms with Crippen molar-refractivity contribution in [2.45, 2.75) is 19.8 Å². The van der Waals surface area contributed by atoms with Gasteiger partial charge in [-0.3, -0.25) is 0 Å². The second kappa shape index (κ2) is 2.68. The molecule has 0 aliphatic heterocycles. The lowest BCUT2D eigenvalue weighted by molar-refractivity contribution is 1.10. The van der Waals surface area contributed by atoms with Crippen LogP contribution >= 0.6 is 0 Å². The van der Waals surface area contributed by atoms with E-state index < -0.39 is 0 Å². The summed E-state index contributed by atoms with van der Waals surface area (Å²) in [5, 5.41) is 7.39. The van der Waals surface area contributed by atoms with Gasteiger partial charge >= 0.3 is 0 Å². The van der Waals surface area contributed by atoms with Crippen LogP contribution in [0.15, 0.2) is 10.2 Å². The third kappa shape index (κ3) is 2.05. The molecular formula is C6H12N4. The van der Waals surface area contributed by atoms with E-state index in [-0.39, 0.29) is 5.96 Å². The lowest BCUT2D eigenvalue weighted by Crippen LogP contribution is -2.22. The highest BCUT2D eigenvalue weighted by molar-refractivity contribution is 5.87. The molecule has 0 spiro atoms. The Kier molecular flexibility index (Phi) is 1.89. The number of nitrogens with zero attached hydrogens (tertiary/aromatic N) is 2. The molecule has 0 aromatic rings. The van der Waals surface area contributed by atoms with E-state index in [9.17, 15) is 0 Å². The Bertz CT molecular complexity index is 174. The smallest absolute Gasteiger partial charge is 0.211 e. The van der Waals surface area contributed by atoms with Crippen molar-refractivity contribution in [3.8, 4) is 0 Å². The molecule has 0 aromatic heterocycles. The fourth-order valence-electron chi connectivity index (χ4n) is 0.719. The van der Waals surface area contributed by atoms with Crippen LogP contribution in [0.1, 0.15) is 19.8 Å². The van der Waals surface area contributed by atoms with Gasteiger partial charge in [-0.05, 0) is 25.7 Å². The molecule has 56 valence electrons. The largest absolute Gasteiger partial charge is 0.369 e. The van der Waals surface area contributed by atoms with Crippen LogP contribution < -0.4 is 11.5 Å². The molecule has 0 radical (unpaired) electrons. The monoisotopic (exact) mass is 140 g/mol. The zero-order valence-electron chi connectivity index (χ0n) is 6.04. The molecule has 0 unspecified atom stereocenters. The van der Waals surface area contributed by atoms with Gasteiger partial charge in [0.05, 0.1) is 0 Å². The molecule has 0 heterocycles. The summed E-state index contributed by atoms with van der Waals surface area (Å²) in [5.41, 5.74) is 11.2. The molecule has 1 aliphatic rings. The van der Waals surface area contributed by atoms with Gasteiger partial charge < -0.3 is 11.5 Å². The first kappa shape index (κ1) is 7.05. The molecule has 1 fully saturated rings. The summed E-state index contributed by atoms with van der Waals surface area (Å²) in [6, 6.07) is 0. The van der Waals surface area contributed by atoms with Gasteiger partial charge in [-0.2, -0.15) is 5.10 Å². The van der Waals surface area contributed by atoms with Crippen molar-refractivity contribution < 1.29 is 0 Å². The van der Waals surface area contributed by atoms with Gasteiger partial charge in [0.2, 0.25) is 5.96 Å². The van der Waals surface area contributed by atoms with E-state index in [1.807, 2.05) is 6.92 Å². The SMILES string of the molecule is CC(=NN=C(N)N)C1CC1. The normalized spacial score (nSPS) is 18.7. The molecule has 1 rings (SSSR count). The molecule has 1 aliphatic carbocycles. The van der Waals surface area contributed by atoms with Gasteiger partial charge in [-0.15, -0.1) is 5.10 Å². The summed E-state index contributed by atoms with van der Waals surface area (Å²) < 4.78 is 0. The Balaban J connectivity index is 2.44. The minimum absolute atomic E-state index is 0.0278. The molecule has 4 nitrogen and oxygen atoms in total. The summed E-state index contributed by atoms with van der Waals surface area (Å²) in [5.74, 6) is 0.670. The highest BCUT2D eigenvalue weighted by Crippen LogP contribution is 2.30. The van der Waals surface area contributed by atoms with E-state index in [4.69, 9.17) is 11.5 Å². The van der Waals surface area contributed by atoms with Crippen LogP contribution in [0.2, 0.25) is 0 Å². The Morgan fingerprint density at radius 1 is 1.30 bits per heavy atom. The summed E-state index contributed by atoms with van der Waals surface area (Å²) >= 11 is 0. The fraction of sp³-hybridized carbons (Fsp3) is 0.667. The van der Waals surface area contributed by atoms with Crippen LogP contribution in [0.4, 0.5) is 0 Å². The highest BCUT2D eigenvalue weighted by atomic mass is 15.3. The number of hydrogen-bond acceptors (Lipinski definition) is 2. The van der Waals surface area contributed by atoms with Crippen LogP contribution in [-0.2, 0) is 0 Å². The van der Waals surface area contributed by atoms with E-state index in [0.717, 1.165) is 5.71 Å². The zero-order chi connectivity index (χ0) is 7.56. The Morgan fingerprint density at radius 2 is 1.90 bits per heavy atom. The van der Waals surface area contributed by atoms with Crippen molar-refractivity contribution >= 4 is 11.7 Å². The van der Waals surface area contributed by atoms with Crippen molar-refractivity contribution in [1.29, 1.82) is 0 Å². The van der Waals surface area contributed by atoms with Crippen molar-refractivity contribution in [3.63, 3.8) is 0 Å². The second-order valence-corrected chi connectivity index (χ2v) is 2.54. The topological polar surface area (TPSA) is 76.8 Å². The molecule has 0 bridgehead atoms. The predicted molar refractivity (Wildman–Crippen MR) is 41.6 cm³/mol. The van der Waals surface area contributed by atoms with Gasteiger partial charge in [-0.25, -0.2) is 0 Å². The van der Waals surface area contributed by atoms with Gasteiger partial charge in [0.15, 0.2) is 0 Å². The van der Waals surface area contributed by atoms with Crippen molar-refractivity contribution in [3.05, 3.63) is 0 Å². The zero-order valence-corrected chi connectivity index (χ0v) is 6.04. The summed E-state index contributed by atoms with van der Waals surface area (Å²) in [6.07, 6.45) is 2.46. The van der Waals surface area contributed by atoms with Crippen LogP contribution in [0, 0.1) is 5.92 Å². The Morgan fingerprint density at radius 3 is 2.30 bits per heavy atom. The summed E-state index contributed by atoms with van der Waals surface area (Å²) in [4.78, 5) is 0. The molecule has 0 saturated heterocycles. The lowest BCUT2D eigenvalue weighted by Gasteiger charge is -1.90. The summed E-state index contributed by atoms with van der Waals surface area (Å²) in [7, 11) is 0. The predicted octanol–water partition coefficient (Wildman–Crippen LogP) is 0.0457. The molecule has 4 N–H and O–H groups in total. The van der Waals surface area contributed by atoms with Crippen molar-refractivity contribution in [2.75, 3.05) is 0 Å². The number of hydrogen-bond donors (Lipinski definition) is 2. The van der Waals surface area contributed by atoms with Gasteiger partial charge in [-0.1, -0.05) is 0 Å². The maximum Gasteiger partial charge on any atom is 0.211 e. The maximum absolute atomic E-state index is 5.08. The lowest BCUT2D eigenvalue weighted by atomic mass is 10.3. The number of rotatable bonds is 2. The van der Waals surface area contributed by atoms with Crippen molar-refractivity contribution in [2.24, 2.45) is 27.6 Å². The third-order valence-electron chi connectivity index (χ3n) is 1.49. The average Bonchev–Trinajstić information content (AvgIpc) is 2.63. The van der Waals surface area contributed by atoms with Crippen LogP contribution in [0.25, 0.3) is 0 Å². The highest BCUT2D eigenvalue weighted by Gasteiger charge is 2.24. The van der Waals surface area contributed by atoms with E-state index in [1.165, 1.54) is 12.8 Å². The van der Waals surface area contributed by atoms with Crippen LogP contribution in [-0.4, -0.2) is 11.7 Å². The van der Waals surface area contributed by atoms with Gasteiger partial charge in [0.1, 0.15) is 0 Å². The van der Waals surface area contributed by atoms with E-state index in [1.54, 1.807) is 0 Å². The number of guanidine groups is 1. The van der Waals surface area contributed by atoms with Gasteiger partial charge in [0.25, 0.3) is 0 Å². The minimum atomic E-state index is 0.0278. The first-order valence-corrected chi connectivity index (χ1v) is 3.33. The van der Waals surface area contributed by atoms with Crippen LogP contribution in [0.5, 0.6) is 0 Å². The molecular weight excluding hydrogens is 128 g/mol. The molecule has 4 heteroatoms. The van der Waals surface area contributed by atoms with E-state index in [0.29, 0.717) is 5.92 Å². The van der Waals surface area contributed by atoms with Gasteiger partial charge in [0, 0.05) is 5.71 Å². The average molecular weight is 140 g/mol. The number of nitrogens with two attached hydrogens (primary N) is 2. The standard InChI is InChI=1S/C6H12N4/c1-4(5-2-3-5)9-10-6(7)8/h5H,2-3H2,1H3,(H4,7,8,10). The van der Waals surface area contributed by atoms with E-state index in [2.05, 4.69) is 10.2 Å². The first-order valence-electron chi connectivity index (χ1n) is 3.33. The quantitative estimate of drug-likeness (QED) is 0.323. The molecule has 0 aromatic carbocycles. The molecule has 10 heavy (non-hydrogen) atoms. The second-order valence-electron chi connectivity index (χ2n) is 2.54. The maximum atomic E-state index is 5.08. The Labute approximate surface area is 60.0 Å². The third-order valence-corrected chi connectivity index (χ3v) is 1.49. The molecule has 0 atom stereocenters. The van der Waals surface area contributed by atoms with Crippen LogP contribution in [0.3, 0.4) is 0 Å². The van der Waals surface area contributed by atoms with Crippen molar-refractivity contribution in [1.82, 2.24) is 0 Å². The minimum Gasteiger partial charge on any atom is -0.369 e. The summed E-state index contributed by atoms with van der Waals surface area (Å²) in [6.45, 7) is 1.95. The van der Waals surface area contributed by atoms with E-state index >= 15 is 0 Å². The Hall–Kier alpha value is -1.06. The fourth-order valence-corrected chi connectivity index (χ4v) is 0.719.